The van der Waals surface area contributed by atoms with Gasteiger partial charge in [0.2, 0.25) is 11.8 Å². The molecule has 2 N–H and O–H groups in total. The number of hydrogen-bond acceptors (Lipinski definition) is 4. The van der Waals surface area contributed by atoms with E-state index in [0.717, 1.165) is 16.1 Å². The molecule has 0 aliphatic heterocycles. The molecule has 22 heavy (non-hydrogen) atoms. The summed E-state index contributed by atoms with van der Waals surface area (Å²) in [6.07, 6.45) is 1.97. The Labute approximate surface area is 133 Å². The van der Waals surface area contributed by atoms with E-state index in [9.17, 15) is 9.59 Å². The average Bonchev–Trinajstić information content (AvgIpc) is 3.00. The van der Waals surface area contributed by atoms with Crippen LogP contribution < -0.4 is 10.6 Å². The van der Waals surface area contributed by atoms with Crippen LogP contribution in [0.2, 0.25) is 0 Å². The van der Waals surface area contributed by atoms with Crippen LogP contribution in [0, 0.1) is 6.92 Å². The normalized spacial score (nSPS) is 11.7. The molecule has 116 valence electrons. The average molecular weight is 317 g/mol. The molecular formula is C16H19N3O2S. The van der Waals surface area contributed by atoms with Gasteiger partial charge in [-0.3, -0.25) is 14.6 Å². The van der Waals surface area contributed by atoms with E-state index in [4.69, 9.17) is 0 Å². The first-order valence-corrected chi connectivity index (χ1v) is 7.91. The van der Waals surface area contributed by atoms with Gasteiger partial charge >= 0.3 is 0 Å². The van der Waals surface area contributed by atoms with Gasteiger partial charge in [-0.25, -0.2) is 0 Å². The Morgan fingerprint density at radius 1 is 1.32 bits per heavy atom. The van der Waals surface area contributed by atoms with Crippen molar-refractivity contribution in [1.29, 1.82) is 0 Å². The van der Waals surface area contributed by atoms with Crippen molar-refractivity contribution < 1.29 is 9.59 Å². The first kappa shape index (κ1) is 16.2. The molecule has 0 saturated carbocycles. The van der Waals surface area contributed by atoms with Gasteiger partial charge in [0.1, 0.15) is 0 Å². The molecule has 2 aromatic heterocycles. The predicted octanol–water partition coefficient (Wildman–Crippen LogP) is 2.34. The molecule has 5 nitrogen and oxygen atoms in total. The van der Waals surface area contributed by atoms with Crippen LogP contribution in [0.25, 0.3) is 0 Å². The molecular weight excluding hydrogens is 298 g/mol. The SMILES string of the molecule is CC(=O)N[C@H](CC(=O)NCc1ccc(C)nc1)c1cccs1. The molecule has 0 aliphatic carbocycles. The van der Waals surface area contributed by atoms with Crippen LogP contribution >= 0.6 is 11.3 Å². The van der Waals surface area contributed by atoms with E-state index in [-0.39, 0.29) is 24.3 Å². The van der Waals surface area contributed by atoms with Gasteiger partial charge in [0.15, 0.2) is 0 Å². The highest BCUT2D eigenvalue weighted by Gasteiger charge is 2.17. The van der Waals surface area contributed by atoms with Crippen molar-refractivity contribution in [2.75, 3.05) is 0 Å². The fourth-order valence-electron chi connectivity index (χ4n) is 2.02. The standard InChI is InChI=1S/C16H19N3O2S/c1-11-5-6-13(9-17-11)10-18-16(21)8-14(19-12(2)20)15-4-3-7-22-15/h3-7,9,14H,8,10H2,1-2H3,(H,18,21)(H,19,20)/t14-/m1/s1. The Bertz CT molecular complexity index is 623. The minimum atomic E-state index is -0.284. The molecule has 0 spiro atoms. The highest BCUT2D eigenvalue weighted by molar-refractivity contribution is 7.10. The number of pyridine rings is 1. The van der Waals surface area contributed by atoms with Crippen molar-refractivity contribution in [3.63, 3.8) is 0 Å². The summed E-state index contributed by atoms with van der Waals surface area (Å²) in [5, 5.41) is 7.61. The summed E-state index contributed by atoms with van der Waals surface area (Å²) < 4.78 is 0. The second-order valence-corrected chi connectivity index (χ2v) is 6.04. The Balaban J connectivity index is 1.90. The number of carbonyl (C=O) groups excluding carboxylic acids is 2. The Morgan fingerprint density at radius 2 is 2.14 bits per heavy atom. The van der Waals surface area contributed by atoms with Gasteiger partial charge in [-0.15, -0.1) is 11.3 Å². The number of nitrogens with one attached hydrogen (secondary N) is 2. The topological polar surface area (TPSA) is 71.1 Å². The van der Waals surface area contributed by atoms with Crippen LogP contribution in [0.15, 0.2) is 35.8 Å². The zero-order valence-electron chi connectivity index (χ0n) is 12.6. The minimum absolute atomic E-state index is 0.104. The summed E-state index contributed by atoms with van der Waals surface area (Å²) in [4.78, 5) is 28.6. The molecule has 0 saturated heterocycles. The van der Waals surface area contributed by atoms with E-state index in [0.29, 0.717) is 6.54 Å². The number of aromatic nitrogens is 1. The van der Waals surface area contributed by atoms with Gasteiger partial charge in [-0.05, 0) is 30.0 Å². The van der Waals surface area contributed by atoms with E-state index in [1.807, 2.05) is 36.6 Å². The summed E-state index contributed by atoms with van der Waals surface area (Å²) >= 11 is 1.53. The highest BCUT2D eigenvalue weighted by atomic mass is 32.1. The summed E-state index contributed by atoms with van der Waals surface area (Å²) in [6, 6.07) is 7.39. The van der Waals surface area contributed by atoms with Crippen molar-refractivity contribution in [3.8, 4) is 0 Å². The first-order chi connectivity index (χ1) is 10.5. The molecule has 0 bridgehead atoms. The van der Waals surface area contributed by atoms with Crippen molar-refractivity contribution in [2.45, 2.75) is 32.9 Å². The number of carbonyl (C=O) groups is 2. The maximum absolute atomic E-state index is 12.1. The lowest BCUT2D eigenvalue weighted by Crippen LogP contribution is -2.32. The van der Waals surface area contributed by atoms with E-state index in [1.165, 1.54) is 18.3 Å². The monoisotopic (exact) mass is 317 g/mol. The second-order valence-electron chi connectivity index (χ2n) is 5.06. The lowest BCUT2D eigenvalue weighted by atomic mass is 10.1. The summed E-state index contributed by atoms with van der Waals surface area (Å²) in [5.74, 6) is -0.248. The third kappa shape index (κ3) is 4.96. The first-order valence-electron chi connectivity index (χ1n) is 7.03. The largest absolute Gasteiger partial charge is 0.352 e. The Hall–Kier alpha value is -2.21. The summed E-state index contributed by atoms with van der Waals surface area (Å²) in [7, 11) is 0. The van der Waals surface area contributed by atoms with Gasteiger partial charge in [-0.1, -0.05) is 12.1 Å². The molecule has 0 unspecified atom stereocenters. The van der Waals surface area contributed by atoms with Crippen LogP contribution in [0.5, 0.6) is 0 Å². The third-order valence-electron chi connectivity index (χ3n) is 3.12. The minimum Gasteiger partial charge on any atom is -0.352 e. The third-order valence-corrected chi connectivity index (χ3v) is 4.10. The van der Waals surface area contributed by atoms with Crippen molar-refractivity contribution in [2.24, 2.45) is 0 Å². The number of nitrogens with zero attached hydrogens (tertiary/aromatic N) is 1. The van der Waals surface area contributed by atoms with Crippen molar-refractivity contribution in [3.05, 3.63) is 52.0 Å². The van der Waals surface area contributed by atoms with Crippen molar-refractivity contribution >= 4 is 23.2 Å². The number of amides is 2. The van der Waals surface area contributed by atoms with E-state index >= 15 is 0 Å². The predicted molar refractivity (Wildman–Crippen MR) is 86.3 cm³/mol. The molecule has 0 radical (unpaired) electrons. The number of thiophene rings is 1. The van der Waals surface area contributed by atoms with Crippen molar-refractivity contribution in [1.82, 2.24) is 15.6 Å². The zero-order valence-corrected chi connectivity index (χ0v) is 13.4. The van der Waals surface area contributed by atoms with Crippen LogP contribution in [0.3, 0.4) is 0 Å². The maximum atomic E-state index is 12.1. The van der Waals surface area contributed by atoms with Crippen LogP contribution in [-0.4, -0.2) is 16.8 Å². The Kier molecular flexibility index (Phi) is 5.66. The van der Waals surface area contributed by atoms with Gasteiger partial charge in [0.25, 0.3) is 0 Å². The van der Waals surface area contributed by atoms with Gasteiger partial charge < -0.3 is 10.6 Å². The summed E-state index contributed by atoms with van der Waals surface area (Å²) in [5.41, 5.74) is 1.89. The number of hydrogen-bond donors (Lipinski definition) is 2. The number of rotatable bonds is 6. The lowest BCUT2D eigenvalue weighted by Gasteiger charge is -2.16. The van der Waals surface area contributed by atoms with E-state index in [1.54, 1.807) is 6.20 Å². The molecule has 0 aromatic carbocycles. The zero-order chi connectivity index (χ0) is 15.9. The second kappa shape index (κ2) is 7.70. The quantitative estimate of drug-likeness (QED) is 0.859. The molecule has 2 heterocycles. The molecule has 0 aliphatic rings. The molecule has 2 amide bonds. The van der Waals surface area contributed by atoms with Gasteiger partial charge in [0.05, 0.1) is 12.5 Å². The smallest absolute Gasteiger partial charge is 0.222 e. The fourth-order valence-corrected chi connectivity index (χ4v) is 2.80. The highest BCUT2D eigenvalue weighted by Crippen LogP contribution is 2.22. The Morgan fingerprint density at radius 3 is 2.73 bits per heavy atom. The molecule has 0 fully saturated rings. The lowest BCUT2D eigenvalue weighted by molar-refractivity contribution is -0.122. The molecule has 6 heteroatoms. The summed E-state index contributed by atoms with van der Waals surface area (Å²) in [6.45, 7) is 3.81. The van der Waals surface area contributed by atoms with E-state index < -0.39 is 0 Å². The fraction of sp³-hybridized carbons (Fsp3) is 0.312. The molecule has 2 rings (SSSR count). The van der Waals surface area contributed by atoms with Crippen LogP contribution in [0.1, 0.15) is 35.5 Å². The number of aryl methyl sites for hydroxylation is 1. The molecule has 1 atom stereocenters. The van der Waals surface area contributed by atoms with Crippen LogP contribution in [0.4, 0.5) is 0 Å². The van der Waals surface area contributed by atoms with Gasteiger partial charge in [0, 0.05) is 30.2 Å². The van der Waals surface area contributed by atoms with Crippen LogP contribution in [-0.2, 0) is 16.1 Å². The maximum Gasteiger partial charge on any atom is 0.222 e. The van der Waals surface area contributed by atoms with Gasteiger partial charge in [-0.2, -0.15) is 0 Å². The molecule has 2 aromatic rings. The van der Waals surface area contributed by atoms with E-state index in [2.05, 4.69) is 15.6 Å².